The molecule has 1 aromatic rings. The van der Waals surface area contributed by atoms with Crippen LogP contribution in [0.4, 0.5) is 0 Å². The number of rotatable bonds is 9. The topological polar surface area (TPSA) is 93.7 Å². The minimum atomic E-state index is -3.78. The van der Waals surface area contributed by atoms with E-state index >= 15 is 0 Å². The summed E-state index contributed by atoms with van der Waals surface area (Å²) in [6.07, 6.45) is 0. The number of amides is 1. The standard InChI is InChI=1S/C15H24N2O5S/c1-5-22-13-6-8-14(9-7-13)23(19,20)17-12(3)15(18)16-11(2)10-21-4/h6-9,11-12,17H,5,10H2,1-4H3,(H,16,18)/t11-,12+/m1/s1. The summed E-state index contributed by atoms with van der Waals surface area (Å²) in [7, 11) is -2.25. The van der Waals surface area contributed by atoms with Crippen LogP contribution in [0.1, 0.15) is 20.8 Å². The molecular weight excluding hydrogens is 320 g/mol. The van der Waals surface area contributed by atoms with Crippen LogP contribution in [0.25, 0.3) is 0 Å². The Morgan fingerprint density at radius 2 is 1.83 bits per heavy atom. The molecule has 130 valence electrons. The van der Waals surface area contributed by atoms with Gasteiger partial charge in [0.05, 0.1) is 24.2 Å². The molecule has 0 radical (unpaired) electrons. The number of carbonyl (C=O) groups is 1. The van der Waals surface area contributed by atoms with E-state index in [0.29, 0.717) is 19.0 Å². The Morgan fingerprint density at radius 3 is 2.35 bits per heavy atom. The van der Waals surface area contributed by atoms with Crippen molar-refractivity contribution in [1.29, 1.82) is 0 Å². The van der Waals surface area contributed by atoms with Crippen LogP contribution in [0, 0.1) is 0 Å². The van der Waals surface area contributed by atoms with Gasteiger partial charge in [0, 0.05) is 13.2 Å². The minimum absolute atomic E-state index is 0.0746. The normalized spacial score (nSPS) is 14.1. The Balaban J connectivity index is 2.71. The molecule has 0 saturated carbocycles. The Kier molecular flexibility index (Phi) is 7.47. The highest BCUT2D eigenvalue weighted by molar-refractivity contribution is 7.89. The summed E-state index contributed by atoms with van der Waals surface area (Å²) in [5.41, 5.74) is 0. The molecule has 0 heterocycles. The van der Waals surface area contributed by atoms with Gasteiger partial charge >= 0.3 is 0 Å². The molecule has 2 atom stereocenters. The second-order valence-corrected chi connectivity index (χ2v) is 6.83. The molecule has 7 nitrogen and oxygen atoms in total. The summed E-state index contributed by atoms with van der Waals surface area (Å²) in [5.74, 6) is 0.176. The first kappa shape index (κ1) is 19.4. The van der Waals surface area contributed by atoms with E-state index in [9.17, 15) is 13.2 Å². The number of hydrogen-bond acceptors (Lipinski definition) is 5. The maximum Gasteiger partial charge on any atom is 0.241 e. The third kappa shape index (κ3) is 6.17. The van der Waals surface area contributed by atoms with E-state index < -0.39 is 22.0 Å². The summed E-state index contributed by atoms with van der Waals surface area (Å²) in [6.45, 7) is 5.96. The lowest BCUT2D eigenvalue weighted by atomic mass is 10.3. The van der Waals surface area contributed by atoms with Crippen molar-refractivity contribution in [2.45, 2.75) is 37.8 Å². The zero-order chi connectivity index (χ0) is 17.5. The number of ether oxygens (including phenoxy) is 2. The van der Waals surface area contributed by atoms with Gasteiger partial charge in [0.2, 0.25) is 15.9 Å². The van der Waals surface area contributed by atoms with Gasteiger partial charge in [-0.3, -0.25) is 4.79 Å². The van der Waals surface area contributed by atoms with E-state index in [1.807, 2.05) is 6.92 Å². The first-order chi connectivity index (χ1) is 10.8. The van der Waals surface area contributed by atoms with Crippen molar-refractivity contribution < 1.29 is 22.7 Å². The van der Waals surface area contributed by atoms with Gasteiger partial charge < -0.3 is 14.8 Å². The molecule has 0 aliphatic carbocycles. The zero-order valence-corrected chi connectivity index (χ0v) is 14.6. The summed E-state index contributed by atoms with van der Waals surface area (Å²) >= 11 is 0. The van der Waals surface area contributed by atoms with Gasteiger partial charge in [-0.2, -0.15) is 4.72 Å². The molecule has 0 spiro atoms. The third-order valence-electron chi connectivity index (χ3n) is 2.98. The first-order valence-corrected chi connectivity index (χ1v) is 8.83. The summed E-state index contributed by atoms with van der Waals surface area (Å²) in [6, 6.07) is 4.92. The number of sulfonamides is 1. The van der Waals surface area contributed by atoms with Crippen LogP contribution in [-0.2, 0) is 19.6 Å². The third-order valence-corrected chi connectivity index (χ3v) is 4.53. The lowest BCUT2D eigenvalue weighted by molar-refractivity contribution is -0.123. The lowest BCUT2D eigenvalue weighted by Gasteiger charge is -2.18. The molecule has 0 aromatic heterocycles. The quantitative estimate of drug-likeness (QED) is 0.694. The van der Waals surface area contributed by atoms with Crippen molar-refractivity contribution >= 4 is 15.9 Å². The Bertz CT molecular complexity index is 601. The molecule has 23 heavy (non-hydrogen) atoms. The van der Waals surface area contributed by atoms with Crippen molar-refractivity contribution in [3.05, 3.63) is 24.3 Å². The molecule has 0 aliphatic heterocycles. The number of carbonyl (C=O) groups excluding carboxylic acids is 1. The predicted molar refractivity (Wildman–Crippen MR) is 86.9 cm³/mol. The summed E-state index contributed by atoms with van der Waals surface area (Å²) in [4.78, 5) is 12.0. The van der Waals surface area contributed by atoms with Crippen LogP contribution in [0.5, 0.6) is 5.75 Å². The SMILES string of the molecule is CCOc1ccc(S(=O)(=O)N[C@@H](C)C(=O)N[C@H](C)COC)cc1. The fraction of sp³-hybridized carbons (Fsp3) is 0.533. The zero-order valence-electron chi connectivity index (χ0n) is 13.8. The van der Waals surface area contributed by atoms with Crippen LogP contribution in [-0.4, -0.2) is 46.7 Å². The predicted octanol–water partition coefficient (Wildman–Crippen LogP) is 0.903. The van der Waals surface area contributed by atoms with Crippen molar-refractivity contribution in [2.24, 2.45) is 0 Å². The van der Waals surface area contributed by atoms with Gasteiger partial charge in [0.25, 0.3) is 0 Å². The van der Waals surface area contributed by atoms with E-state index in [2.05, 4.69) is 10.0 Å². The van der Waals surface area contributed by atoms with Crippen LogP contribution in [0.15, 0.2) is 29.2 Å². The van der Waals surface area contributed by atoms with E-state index in [4.69, 9.17) is 9.47 Å². The van der Waals surface area contributed by atoms with Gasteiger partial charge in [0.15, 0.2) is 0 Å². The second-order valence-electron chi connectivity index (χ2n) is 5.11. The highest BCUT2D eigenvalue weighted by atomic mass is 32.2. The van der Waals surface area contributed by atoms with Crippen molar-refractivity contribution in [3.63, 3.8) is 0 Å². The molecule has 1 aromatic carbocycles. The number of methoxy groups -OCH3 is 1. The molecule has 0 fully saturated rings. The van der Waals surface area contributed by atoms with E-state index in [0.717, 1.165) is 0 Å². The van der Waals surface area contributed by atoms with Crippen molar-refractivity contribution in [2.75, 3.05) is 20.3 Å². The highest BCUT2D eigenvalue weighted by Crippen LogP contribution is 2.16. The van der Waals surface area contributed by atoms with Gasteiger partial charge in [-0.25, -0.2) is 8.42 Å². The molecular formula is C15H24N2O5S. The average molecular weight is 344 g/mol. The fourth-order valence-electron chi connectivity index (χ4n) is 1.90. The van der Waals surface area contributed by atoms with E-state index in [1.54, 1.807) is 19.1 Å². The van der Waals surface area contributed by atoms with Gasteiger partial charge in [-0.1, -0.05) is 0 Å². The Morgan fingerprint density at radius 1 is 1.22 bits per heavy atom. The Labute approximate surface area is 137 Å². The van der Waals surface area contributed by atoms with Crippen molar-refractivity contribution in [3.8, 4) is 5.75 Å². The van der Waals surface area contributed by atoms with Crippen LogP contribution in [0.2, 0.25) is 0 Å². The molecule has 0 saturated heterocycles. The minimum Gasteiger partial charge on any atom is -0.494 e. The van der Waals surface area contributed by atoms with E-state index in [1.165, 1.54) is 26.2 Å². The smallest absolute Gasteiger partial charge is 0.241 e. The molecule has 0 aliphatic rings. The number of hydrogen-bond donors (Lipinski definition) is 2. The Hall–Kier alpha value is -1.64. The first-order valence-electron chi connectivity index (χ1n) is 7.34. The van der Waals surface area contributed by atoms with Crippen molar-refractivity contribution in [1.82, 2.24) is 10.0 Å². The van der Waals surface area contributed by atoms with Gasteiger partial charge in [-0.05, 0) is 45.0 Å². The maximum absolute atomic E-state index is 12.3. The maximum atomic E-state index is 12.3. The molecule has 2 N–H and O–H groups in total. The lowest BCUT2D eigenvalue weighted by Crippen LogP contribution is -2.48. The molecule has 0 bridgehead atoms. The summed E-state index contributed by atoms with van der Waals surface area (Å²) < 4.78 is 37.1. The average Bonchev–Trinajstić information content (AvgIpc) is 2.47. The van der Waals surface area contributed by atoms with Crippen LogP contribution >= 0.6 is 0 Å². The fourth-order valence-corrected chi connectivity index (χ4v) is 3.10. The second kappa shape index (κ2) is 8.85. The van der Waals surface area contributed by atoms with Crippen LogP contribution < -0.4 is 14.8 Å². The molecule has 1 amide bonds. The highest BCUT2D eigenvalue weighted by Gasteiger charge is 2.22. The van der Waals surface area contributed by atoms with Gasteiger partial charge in [-0.15, -0.1) is 0 Å². The largest absolute Gasteiger partial charge is 0.494 e. The number of benzene rings is 1. The van der Waals surface area contributed by atoms with Crippen LogP contribution in [0.3, 0.4) is 0 Å². The van der Waals surface area contributed by atoms with E-state index in [-0.39, 0.29) is 10.9 Å². The number of nitrogens with one attached hydrogen (secondary N) is 2. The molecule has 0 unspecified atom stereocenters. The molecule has 8 heteroatoms. The monoisotopic (exact) mass is 344 g/mol. The summed E-state index contributed by atoms with van der Waals surface area (Å²) in [5, 5.41) is 2.67. The van der Waals surface area contributed by atoms with Gasteiger partial charge in [0.1, 0.15) is 5.75 Å². The molecule has 1 rings (SSSR count).